The van der Waals surface area contributed by atoms with E-state index in [9.17, 15) is 12.8 Å². The fourth-order valence-corrected chi connectivity index (χ4v) is 4.39. The second-order valence-electron chi connectivity index (χ2n) is 5.83. The summed E-state index contributed by atoms with van der Waals surface area (Å²) in [6, 6.07) is 2.11. The van der Waals surface area contributed by atoms with E-state index in [0.717, 1.165) is 18.9 Å². The number of benzene rings is 1. The van der Waals surface area contributed by atoms with E-state index in [1.807, 2.05) is 0 Å². The van der Waals surface area contributed by atoms with E-state index in [0.29, 0.717) is 24.5 Å². The van der Waals surface area contributed by atoms with Crippen molar-refractivity contribution in [3.05, 3.63) is 23.5 Å². The topological polar surface area (TPSA) is 81.4 Å². The van der Waals surface area contributed by atoms with Gasteiger partial charge in [0.05, 0.1) is 22.7 Å². The molecule has 0 radical (unpaired) electrons. The van der Waals surface area contributed by atoms with Gasteiger partial charge in [-0.3, -0.25) is 0 Å². The molecule has 1 aromatic rings. The molecule has 7 heteroatoms. The fourth-order valence-electron chi connectivity index (χ4n) is 2.85. The van der Waals surface area contributed by atoms with Crippen molar-refractivity contribution in [2.45, 2.75) is 43.2 Å². The molecule has 1 aliphatic heterocycles. The highest BCUT2D eigenvalue weighted by molar-refractivity contribution is 7.89. The van der Waals surface area contributed by atoms with Gasteiger partial charge in [0.1, 0.15) is 5.82 Å². The van der Waals surface area contributed by atoms with Gasteiger partial charge in [-0.15, -0.1) is 0 Å². The highest BCUT2D eigenvalue weighted by Gasteiger charge is 2.42. The molecule has 3 N–H and O–H groups in total. The lowest BCUT2D eigenvalue weighted by molar-refractivity contribution is 0.0848. The lowest BCUT2D eigenvalue weighted by Crippen LogP contribution is -2.41. The molecule has 2 aliphatic rings. The summed E-state index contributed by atoms with van der Waals surface area (Å²) in [5.74, 6) is -0.147. The molecule has 0 spiro atoms. The third kappa shape index (κ3) is 2.90. The van der Waals surface area contributed by atoms with Crippen LogP contribution in [-0.4, -0.2) is 27.2 Å². The molecule has 2 unspecified atom stereocenters. The Bertz CT molecular complexity index is 658. The number of anilines is 1. The first-order valence-electron chi connectivity index (χ1n) is 7.08. The number of aryl methyl sites for hydroxylation is 1. The fraction of sp³-hybridized carbons (Fsp3) is 0.571. The van der Waals surface area contributed by atoms with Crippen molar-refractivity contribution in [2.75, 3.05) is 12.3 Å². The second-order valence-corrected chi connectivity index (χ2v) is 7.51. The highest BCUT2D eigenvalue weighted by Crippen LogP contribution is 2.39. The standard InChI is InChI=1S/C14H19FN2O3S/c1-8-6-10(15)11(16)7-13(8)21(18,19)17-12-4-5-20-14(12)9-2-3-9/h6-7,9,12,14,17H,2-5,16H2,1H3. The quantitative estimate of drug-likeness (QED) is 0.827. The van der Waals surface area contributed by atoms with Gasteiger partial charge in [-0.05, 0) is 49.8 Å². The van der Waals surface area contributed by atoms with E-state index in [4.69, 9.17) is 10.5 Å². The first-order chi connectivity index (χ1) is 9.88. The Kier molecular flexibility index (Phi) is 3.67. The van der Waals surface area contributed by atoms with E-state index in [2.05, 4.69) is 4.72 Å². The molecule has 0 amide bonds. The predicted octanol–water partition coefficient (Wildman–Crippen LogP) is 1.56. The van der Waals surface area contributed by atoms with Crippen molar-refractivity contribution >= 4 is 15.7 Å². The van der Waals surface area contributed by atoms with Gasteiger partial charge >= 0.3 is 0 Å². The highest BCUT2D eigenvalue weighted by atomic mass is 32.2. The van der Waals surface area contributed by atoms with Gasteiger partial charge < -0.3 is 10.5 Å². The molecule has 116 valence electrons. The third-order valence-corrected chi connectivity index (χ3v) is 5.74. The predicted molar refractivity (Wildman–Crippen MR) is 76.7 cm³/mol. The molecule has 1 aliphatic carbocycles. The van der Waals surface area contributed by atoms with Gasteiger partial charge in [0.2, 0.25) is 10.0 Å². The zero-order valence-corrected chi connectivity index (χ0v) is 12.6. The van der Waals surface area contributed by atoms with Crippen molar-refractivity contribution in [3.63, 3.8) is 0 Å². The summed E-state index contributed by atoms with van der Waals surface area (Å²) in [7, 11) is -3.73. The zero-order valence-electron chi connectivity index (χ0n) is 11.8. The van der Waals surface area contributed by atoms with Gasteiger partial charge in [-0.25, -0.2) is 17.5 Å². The number of hydrogen-bond donors (Lipinski definition) is 2. The SMILES string of the molecule is Cc1cc(F)c(N)cc1S(=O)(=O)NC1CCOC1C1CC1. The van der Waals surface area contributed by atoms with E-state index in [1.165, 1.54) is 6.07 Å². The number of rotatable bonds is 4. The average molecular weight is 314 g/mol. The molecular formula is C14H19FN2O3S. The number of ether oxygens (including phenoxy) is 1. The number of sulfonamides is 1. The van der Waals surface area contributed by atoms with Crippen molar-refractivity contribution in [1.82, 2.24) is 4.72 Å². The van der Waals surface area contributed by atoms with Crippen LogP contribution in [0, 0.1) is 18.7 Å². The van der Waals surface area contributed by atoms with Crippen LogP contribution < -0.4 is 10.5 Å². The van der Waals surface area contributed by atoms with Gasteiger partial charge in [0.15, 0.2) is 0 Å². The minimum absolute atomic E-state index is 0.0304. The van der Waals surface area contributed by atoms with E-state index in [1.54, 1.807) is 6.92 Å². The van der Waals surface area contributed by atoms with Crippen LogP contribution in [0.3, 0.4) is 0 Å². The number of halogens is 1. The van der Waals surface area contributed by atoms with Crippen LogP contribution in [0.15, 0.2) is 17.0 Å². The first-order valence-corrected chi connectivity index (χ1v) is 8.56. The maximum atomic E-state index is 13.4. The maximum absolute atomic E-state index is 13.4. The Balaban J connectivity index is 1.85. The summed E-state index contributed by atoms with van der Waals surface area (Å²) in [5, 5.41) is 0. The van der Waals surface area contributed by atoms with Gasteiger partial charge in [0, 0.05) is 6.61 Å². The lowest BCUT2D eigenvalue weighted by atomic mass is 10.1. The average Bonchev–Trinajstić information content (AvgIpc) is 3.14. The van der Waals surface area contributed by atoms with E-state index in [-0.39, 0.29) is 22.7 Å². The van der Waals surface area contributed by atoms with Gasteiger partial charge in [-0.2, -0.15) is 0 Å². The van der Waals surface area contributed by atoms with Crippen molar-refractivity contribution < 1.29 is 17.5 Å². The summed E-state index contributed by atoms with van der Waals surface area (Å²) in [6.07, 6.45) is 2.80. The van der Waals surface area contributed by atoms with Crippen LogP contribution in [-0.2, 0) is 14.8 Å². The molecule has 1 aromatic carbocycles. The Morgan fingerprint density at radius 2 is 2.05 bits per heavy atom. The molecule has 0 aromatic heterocycles. The Morgan fingerprint density at radius 3 is 2.71 bits per heavy atom. The second kappa shape index (κ2) is 5.23. The van der Waals surface area contributed by atoms with E-state index < -0.39 is 15.8 Å². The Morgan fingerprint density at radius 1 is 1.33 bits per heavy atom. The molecule has 21 heavy (non-hydrogen) atoms. The van der Waals surface area contributed by atoms with Crippen LogP contribution in [0.1, 0.15) is 24.8 Å². The normalized spacial score (nSPS) is 26.2. The van der Waals surface area contributed by atoms with Crippen molar-refractivity contribution in [1.29, 1.82) is 0 Å². The number of hydrogen-bond acceptors (Lipinski definition) is 4. The van der Waals surface area contributed by atoms with E-state index >= 15 is 0 Å². The molecule has 2 fully saturated rings. The van der Waals surface area contributed by atoms with Gasteiger partial charge in [-0.1, -0.05) is 0 Å². The minimum Gasteiger partial charge on any atom is -0.396 e. The molecule has 1 heterocycles. The van der Waals surface area contributed by atoms with Crippen molar-refractivity contribution in [3.8, 4) is 0 Å². The Hall–Kier alpha value is -1.18. The summed E-state index contributed by atoms with van der Waals surface area (Å²) >= 11 is 0. The zero-order chi connectivity index (χ0) is 15.2. The minimum atomic E-state index is -3.73. The Labute approximate surface area is 123 Å². The lowest BCUT2D eigenvalue weighted by Gasteiger charge is -2.20. The van der Waals surface area contributed by atoms with Crippen LogP contribution >= 0.6 is 0 Å². The third-order valence-electron chi connectivity index (χ3n) is 4.11. The number of nitrogen functional groups attached to an aromatic ring is 1. The summed E-state index contributed by atoms with van der Waals surface area (Å²) in [4.78, 5) is 0.0304. The van der Waals surface area contributed by atoms with Crippen LogP contribution in [0.2, 0.25) is 0 Å². The van der Waals surface area contributed by atoms with Crippen LogP contribution in [0.5, 0.6) is 0 Å². The maximum Gasteiger partial charge on any atom is 0.241 e. The monoisotopic (exact) mass is 314 g/mol. The largest absolute Gasteiger partial charge is 0.396 e. The molecule has 1 saturated heterocycles. The molecule has 2 atom stereocenters. The summed E-state index contributed by atoms with van der Waals surface area (Å²) in [6.45, 7) is 2.12. The molecular weight excluding hydrogens is 295 g/mol. The summed E-state index contributed by atoms with van der Waals surface area (Å²) < 4.78 is 46.7. The molecule has 0 bridgehead atoms. The summed E-state index contributed by atoms with van der Waals surface area (Å²) in [5.41, 5.74) is 5.67. The smallest absolute Gasteiger partial charge is 0.241 e. The molecule has 1 saturated carbocycles. The van der Waals surface area contributed by atoms with Crippen molar-refractivity contribution in [2.24, 2.45) is 5.92 Å². The first kappa shape index (κ1) is 14.7. The number of nitrogens with one attached hydrogen (secondary N) is 1. The van der Waals surface area contributed by atoms with Gasteiger partial charge in [0.25, 0.3) is 0 Å². The number of nitrogens with two attached hydrogens (primary N) is 1. The molecule has 5 nitrogen and oxygen atoms in total. The molecule has 3 rings (SSSR count). The van der Waals surface area contributed by atoms with Crippen LogP contribution in [0.4, 0.5) is 10.1 Å². The van der Waals surface area contributed by atoms with Crippen LogP contribution in [0.25, 0.3) is 0 Å².